The number of amides is 1. The maximum absolute atomic E-state index is 11.9. The van der Waals surface area contributed by atoms with Gasteiger partial charge in [-0.25, -0.2) is 0 Å². The van der Waals surface area contributed by atoms with Crippen molar-refractivity contribution in [1.82, 2.24) is 5.32 Å². The molecule has 0 fully saturated rings. The van der Waals surface area contributed by atoms with E-state index in [1.807, 2.05) is 6.92 Å². The Morgan fingerprint density at radius 2 is 2.17 bits per heavy atom. The molecule has 3 nitrogen and oxygen atoms in total. The molecular formula is C13H17ClN2OS. The van der Waals surface area contributed by atoms with E-state index in [1.165, 1.54) is 0 Å². The molecule has 0 spiro atoms. The summed E-state index contributed by atoms with van der Waals surface area (Å²) < 4.78 is 0. The van der Waals surface area contributed by atoms with Gasteiger partial charge in [-0.3, -0.25) is 4.79 Å². The highest BCUT2D eigenvalue weighted by Gasteiger charge is 2.09. The van der Waals surface area contributed by atoms with Crippen molar-refractivity contribution in [2.45, 2.75) is 26.2 Å². The minimum absolute atomic E-state index is 0.0923. The molecule has 0 saturated carbocycles. The van der Waals surface area contributed by atoms with E-state index in [4.69, 9.17) is 29.6 Å². The molecule has 0 saturated heterocycles. The van der Waals surface area contributed by atoms with E-state index >= 15 is 0 Å². The number of hydrogen-bond donors (Lipinski definition) is 2. The molecule has 0 unspecified atom stereocenters. The van der Waals surface area contributed by atoms with Crippen LogP contribution in [0, 0.1) is 6.92 Å². The fraction of sp³-hybridized carbons (Fsp3) is 0.385. The molecule has 1 amide bonds. The van der Waals surface area contributed by atoms with Crippen molar-refractivity contribution >= 4 is 34.7 Å². The lowest BCUT2D eigenvalue weighted by atomic mass is 10.1. The van der Waals surface area contributed by atoms with Gasteiger partial charge in [-0.1, -0.05) is 29.9 Å². The Morgan fingerprint density at radius 3 is 2.83 bits per heavy atom. The summed E-state index contributed by atoms with van der Waals surface area (Å²) in [5.74, 6) is -0.0923. The highest BCUT2D eigenvalue weighted by atomic mass is 35.5. The molecule has 0 heterocycles. The highest BCUT2D eigenvalue weighted by molar-refractivity contribution is 7.80. The predicted molar refractivity (Wildman–Crippen MR) is 79.2 cm³/mol. The van der Waals surface area contributed by atoms with Crippen LogP contribution in [-0.4, -0.2) is 17.4 Å². The van der Waals surface area contributed by atoms with Gasteiger partial charge in [0.15, 0.2) is 0 Å². The van der Waals surface area contributed by atoms with Crippen LogP contribution in [0.3, 0.4) is 0 Å². The number of thiocarbonyl (C=S) groups is 1. The molecule has 5 heteroatoms. The first-order valence-electron chi connectivity index (χ1n) is 5.84. The van der Waals surface area contributed by atoms with E-state index in [1.54, 1.807) is 18.2 Å². The van der Waals surface area contributed by atoms with E-state index in [-0.39, 0.29) is 5.91 Å². The molecule has 0 aromatic heterocycles. The fourth-order valence-electron chi connectivity index (χ4n) is 1.57. The molecule has 1 aromatic rings. The molecule has 98 valence electrons. The van der Waals surface area contributed by atoms with Gasteiger partial charge in [-0.15, -0.1) is 0 Å². The molecule has 0 radical (unpaired) electrons. The van der Waals surface area contributed by atoms with Gasteiger partial charge in [0.25, 0.3) is 5.91 Å². The smallest absolute Gasteiger partial charge is 0.251 e. The zero-order valence-electron chi connectivity index (χ0n) is 10.3. The molecule has 0 aliphatic carbocycles. The number of carbonyl (C=O) groups is 1. The molecule has 0 atom stereocenters. The number of hydrogen-bond acceptors (Lipinski definition) is 2. The van der Waals surface area contributed by atoms with Crippen molar-refractivity contribution in [1.29, 1.82) is 0 Å². The number of rotatable bonds is 6. The lowest BCUT2D eigenvalue weighted by Gasteiger charge is -2.08. The van der Waals surface area contributed by atoms with Gasteiger partial charge in [-0.2, -0.15) is 0 Å². The van der Waals surface area contributed by atoms with Gasteiger partial charge >= 0.3 is 0 Å². The summed E-state index contributed by atoms with van der Waals surface area (Å²) in [6.45, 7) is 2.46. The van der Waals surface area contributed by atoms with Crippen LogP contribution in [0.1, 0.15) is 35.2 Å². The summed E-state index contributed by atoms with van der Waals surface area (Å²) in [5, 5.41) is 3.47. The minimum Gasteiger partial charge on any atom is -0.393 e. The number of benzene rings is 1. The topological polar surface area (TPSA) is 55.1 Å². The fourth-order valence-corrected chi connectivity index (χ4v) is 1.89. The summed E-state index contributed by atoms with van der Waals surface area (Å²) in [5.41, 5.74) is 6.82. The SMILES string of the molecule is Cc1c(Cl)cccc1C(=O)NCCCCC(N)=S. The number of halogens is 1. The van der Waals surface area contributed by atoms with Crippen molar-refractivity contribution < 1.29 is 4.79 Å². The Hall–Kier alpha value is -1.13. The summed E-state index contributed by atoms with van der Waals surface area (Å²) in [6, 6.07) is 5.32. The summed E-state index contributed by atoms with van der Waals surface area (Å²) in [7, 11) is 0. The van der Waals surface area contributed by atoms with Crippen molar-refractivity contribution in [3.8, 4) is 0 Å². The molecule has 1 aromatic carbocycles. The largest absolute Gasteiger partial charge is 0.393 e. The van der Waals surface area contributed by atoms with Crippen molar-refractivity contribution in [3.63, 3.8) is 0 Å². The molecule has 3 N–H and O–H groups in total. The molecule has 0 aliphatic rings. The minimum atomic E-state index is -0.0923. The van der Waals surface area contributed by atoms with E-state index in [0.29, 0.717) is 22.1 Å². The van der Waals surface area contributed by atoms with Crippen LogP contribution in [0.2, 0.25) is 5.02 Å². The second kappa shape index (κ2) is 7.34. The summed E-state index contributed by atoms with van der Waals surface area (Å²) >= 11 is 10.7. The Morgan fingerprint density at radius 1 is 1.44 bits per heavy atom. The molecule has 0 bridgehead atoms. The quantitative estimate of drug-likeness (QED) is 0.624. The van der Waals surface area contributed by atoms with Crippen molar-refractivity contribution in [2.24, 2.45) is 5.73 Å². The average molecular weight is 285 g/mol. The van der Waals surface area contributed by atoms with Crippen LogP contribution < -0.4 is 11.1 Å². The zero-order chi connectivity index (χ0) is 13.5. The van der Waals surface area contributed by atoms with Gasteiger partial charge in [0, 0.05) is 17.1 Å². The predicted octanol–water partition coefficient (Wildman–Crippen LogP) is 2.83. The molecular weight excluding hydrogens is 268 g/mol. The third kappa shape index (κ3) is 4.63. The standard InChI is InChI=1S/C13H17ClN2OS/c1-9-10(5-4-6-11(9)14)13(17)16-8-3-2-7-12(15)18/h4-6H,2-3,7-8H2,1H3,(H2,15,18)(H,16,17). The van der Waals surface area contributed by atoms with Crippen LogP contribution in [-0.2, 0) is 0 Å². The summed E-state index contributed by atoms with van der Waals surface area (Å²) in [6.07, 6.45) is 2.48. The monoisotopic (exact) mass is 284 g/mol. The van der Waals surface area contributed by atoms with Crippen LogP contribution in [0.4, 0.5) is 0 Å². The Labute approximate surface area is 118 Å². The lowest BCUT2D eigenvalue weighted by Crippen LogP contribution is -2.25. The third-order valence-electron chi connectivity index (χ3n) is 2.65. The Bertz CT molecular complexity index is 449. The van der Waals surface area contributed by atoms with E-state index in [9.17, 15) is 4.79 Å². The summed E-state index contributed by atoms with van der Waals surface area (Å²) in [4.78, 5) is 12.4. The molecule has 0 aliphatic heterocycles. The van der Waals surface area contributed by atoms with Crippen LogP contribution in [0.25, 0.3) is 0 Å². The maximum Gasteiger partial charge on any atom is 0.251 e. The van der Waals surface area contributed by atoms with E-state index < -0.39 is 0 Å². The van der Waals surface area contributed by atoms with Gasteiger partial charge in [-0.05, 0) is 43.9 Å². The first-order chi connectivity index (χ1) is 8.52. The number of nitrogens with one attached hydrogen (secondary N) is 1. The number of carbonyl (C=O) groups excluding carboxylic acids is 1. The van der Waals surface area contributed by atoms with Crippen molar-refractivity contribution in [3.05, 3.63) is 34.3 Å². The lowest BCUT2D eigenvalue weighted by molar-refractivity contribution is 0.0952. The normalized spacial score (nSPS) is 10.1. The van der Waals surface area contributed by atoms with Crippen LogP contribution in [0.15, 0.2) is 18.2 Å². The Balaban J connectivity index is 2.41. The zero-order valence-corrected chi connectivity index (χ0v) is 11.9. The third-order valence-corrected chi connectivity index (χ3v) is 3.26. The maximum atomic E-state index is 11.9. The molecule has 1 rings (SSSR count). The number of nitrogens with two attached hydrogens (primary N) is 1. The Kier molecular flexibility index (Phi) is 6.09. The van der Waals surface area contributed by atoms with Gasteiger partial charge in [0.1, 0.15) is 0 Å². The van der Waals surface area contributed by atoms with E-state index in [2.05, 4.69) is 5.32 Å². The molecule has 18 heavy (non-hydrogen) atoms. The second-order valence-electron chi connectivity index (χ2n) is 4.09. The van der Waals surface area contributed by atoms with Gasteiger partial charge < -0.3 is 11.1 Å². The average Bonchev–Trinajstić information content (AvgIpc) is 2.31. The first kappa shape index (κ1) is 14.9. The number of unbranched alkanes of at least 4 members (excludes halogenated alkanes) is 1. The van der Waals surface area contributed by atoms with Crippen LogP contribution >= 0.6 is 23.8 Å². The highest BCUT2D eigenvalue weighted by Crippen LogP contribution is 2.18. The van der Waals surface area contributed by atoms with E-state index in [0.717, 1.165) is 24.8 Å². The van der Waals surface area contributed by atoms with Gasteiger partial charge in [0.2, 0.25) is 0 Å². The first-order valence-corrected chi connectivity index (χ1v) is 6.62. The van der Waals surface area contributed by atoms with Crippen LogP contribution in [0.5, 0.6) is 0 Å². The van der Waals surface area contributed by atoms with Crippen molar-refractivity contribution in [2.75, 3.05) is 6.54 Å². The second-order valence-corrected chi connectivity index (χ2v) is 5.02. The van der Waals surface area contributed by atoms with Gasteiger partial charge in [0.05, 0.1) is 4.99 Å².